The second kappa shape index (κ2) is 8.91. The van der Waals surface area contributed by atoms with E-state index in [1.54, 1.807) is 17.8 Å². The molecule has 7 heteroatoms. The van der Waals surface area contributed by atoms with Gasteiger partial charge in [0.15, 0.2) is 11.5 Å². The molecule has 1 unspecified atom stereocenters. The van der Waals surface area contributed by atoms with Gasteiger partial charge in [0.2, 0.25) is 0 Å². The smallest absolute Gasteiger partial charge is 0.157 e. The van der Waals surface area contributed by atoms with Gasteiger partial charge >= 0.3 is 0 Å². The molecule has 0 aliphatic carbocycles. The van der Waals surface area contributed by atoms with Crippen molar-refractivity contribution >= 4 is 11.8 Å². The molecule has 0 spiro atoms. The Morgan fingerprint density at radius 1 is 1.15 bits per heavy atom. The number of phenolic OH excluding ortho intramolecular Hbond substituents is 2. The predicted octanol–water partition coefficient (Wildman–Crippen LogP) is 3.00. The van der Waals surface area contributed by atoms with Crippen LogP contribution < -0.4 is 0 Å². The quantitative estimate of drug-likeness (QED) is 0.481. The molecule has 3 N–H and O–H groups in total. The van der Waals surface area contributed by atoms with Gasteiger partial charge in [0, 0.05) is 12.2 Å². The van der Waals surface area contributed by atoms with Crippen LogP contribution in [0.3, 0.4) is 0 Å². The SMILES string of the molecule is C=C(OCc1nc(C)c(CSC)nc1C)C(O)Cc1ccc(O)c(O)c1. The Bertz CT molecular complexity index is 795. The Morgan fingerprint density at radius 2 is 1.81 bits per heavy atom. The summed E-state index contributed by atoms with van der Waals surface area (Å²) in [5.74, 6) is 0.594. The third-order valence-electron chi connectivity index (χ3n) is 3.96. The van der Waals surface area contributed by atoms with Crippen LogP contribution in [0.15, 0.2) is 30.5 Å². The topological polar surface area (TPSA) is 95.7 Å². The van der Waals surface area contributed by atoms with Gasteiger partial charge in [-0.1, -0.05) is 12.6 Å². The van der Waals surface area contributed by atoms with Crippen molar-refractivity contribution in [2.24, 2.45) is 0 Å². The van der Waals surface area contributed by atoms with E-state index in [1.807, 2.05) is 20.1 Å². The average molecular weight is 376 g/mol. The number of benzene rings is 1. The molecule has 0 amide bonds. The van der Waals surface area contributed by atoms with Crippen molar-refractivity contribution in [3.05, 3.63) is 58.9 Å². The molecule has 6 nitrogen and oxygen atoms in total. The Labute approximate surface area is 157 Å². The number of aromatic hydroxyl groups is 2. The van der Waals surface area contributed by atoms with E-state index in [0.29, 0.717) is 11.3 Å². The molecule has 1 aromatic carbocycles. The second-order valence-electron chi connectivity index (χ2n) is 6.02. The van der Waals surface area contributed by atoms with Gasteiger partial charge in [-0.3, -0.25) is 9.97 Å². The Hall–Kier alpha value is -2.25. The molecule has 2 rings (SSSR count). The first kappa shape index (κ1) is 20.1. The number of hydrogen-bond acceptors (Lipinski definition) is 7. The minimum absolute atomic E-state index is 0.177. The Morgan fingerprint density at radius 3 is 2.46 bits per heavy atom. The minimum atomic E-state index is -0.941. The highest BCUT2D eigenvalue weighted by molar-refractivity contribution is 7.97. The standard InChI is InChI=1S/C19H24N2O4S/c1-11-15(20-12(2)16(21-11)10-26-4)9-25-13(3)18(23)7-14-5-6-17(22)19(24)8-14/h5-6,8,18,22-24H,3,7,9-10H2,1-2,4H3. The van der Waals surface area contributed by atoms with Crippen molar-refractivity contribution in [3.8, 4) is 11.5 Å². The van der Waals surface area contributed by atoms with Crippen LogP contribution in [-0.4, -0.2) is 37.6 Å². The number of aromatic nitrogens is 2. The predicted molar refractivity (Wildman–Crippen MR) is 102 cm³/mol. The van der Waals surface area contributed by atoms with Crippen LogP contribution in [0.25, 0.3) is 0 Å². The molecule has 0 fully saturated rings. The number of rotatable bonds is 8. The lowest BCUT2D eigenvalue weighted by molar-refractivity contribution is 0.0939. The number of aliphatic hydroxyl groups excluding tert-OH is 1. The van der Waals surface area contributed by atoms with Crippen LogP contribution >= 0.6 is 11.8 Å². The van der Waals surface area contributed by atoms with Gasteiger partial charge in [0.25, 0.3) is 0 Å². The number of hydrogen-bond donors (Lipinski definition) is 3. The van der Waals surface area contributed by atoms with Gasteiger partial charge < -0.3 is 20.1 Å². The normalized spacial score (nSPS) is 12.0. The molecule has 1 atom stereocenters. The first-order valence-electron chi connectivity index (χ1n) is 8.14. The summed E-state index contributed by atoms with van der Waals surface area (Å²) >= 11 is 1.69. The lowest BCUT2D eigenvalue weighted by atomic mass is 10.1. The fourth-order valence-electron chi connectivity index (χ4n) is 2.40. The number of thioether (sulfide) groups is 1. The lowest BCUT2D eigenvalue weighted by Crippen LogP contribution is -2.16. The first-order chi connectivity index (χ1) is 12.3. The maximum absolute atomic E-state index is 10.2. The molecule has 1 aromatic heterocycles. The molecule has 1 heterocycles. The molecule has 0 saturated heterocycles. The molecule has 0 aliphatic heterocycles. The first-order valence-corrected chi connectivity index (χ1v) is 9.53. The molecule has 0 aliphatic rings. The molecule has 2 aromatic rings. The lowest BCUT2D eigenvalue weighted by Gasteiger charge is -2.16. The largest absolute Gasteiger partial charge is 0.504 e. The van der Waals surface area contributed by atoms with Crippen LogP contribution in [0.1, 0.15) is 28.3 Å². The minimum Gasteiger partial charge on any atom is -0.504 e. The summed E-state index contributed by atoms with van der Waals surface area (Å²) < 4.78 is 5.59. The number of aliphatic hydroxyl groups is 1. The van der Waals surface area contributed by atoms with Crippen LogP contribution in [0.4, 0.5) is 0 Å². The monoisotopic (exact) mass is 376 g/mol. The summed E-state index contributed by atoms with van der Waals surface area (Å²) in [5, 5.41) is 29.1. The van der Waals surface area contributed by atoms with Crippen molar-refractivity contribution in [2.45, 2.75) is 38.7 Å². The zero-order valence-corrected chi connectivity index (χ0v) is 16.0. The van der Waals surface area contributed by atoms with Crippen molar-refractivity contribution in [2.75, 3.05) is 6.26 Å². The molecule has 0 radical (unpaired) electrons. The summed E-state index contributed by atoms with van der Waals surface area (Å²) in [4.78, 5) is 9.11. The summed E-state index contributed by atoms with van der Waals surface area (Å²) in [6, 6.07) is 4.39. The van der Waals surface area contributed by atoms with E-state index in [0.717, 1.165) is 22.8 Å². The fourth-order valence-corrected chi connectivity index (χ4v) is 2.94. The highest BCUT2D eigenvalue weighted by Crippen LogP contribution is 2.26. The molecular weight excluding hydrogens is 352 g/mol. The van der Waals surface area contributed by atoms with E-state index >= 15 is 0 Å². The average Bonchev–Trinajstić information content (AvgIpc) is 2.59. The van der Waals surface area contributed by atoms with Crippen molar-refractivity contribution in [1.82, 2.24) is 9.97 Å². The number of aryl methyl sites for hydroxylation is 2. The van der Waals surface area contributed by atoms with E-state index in [4.69, 9.17) is 4.74 Å². The maximum atomic E-state index is 10.2. The molecule has 0 saturated carbocycles. The third-order valence-corrected chi connectivity index (χ3v) is 4.52. The van der Waals surface area contributed by atoms with E-state index in [-0.39, 0.29) is 30.3 Å². The molecule has 140 valence electrons. The van der Waals surface area contributed by atoms with Gasteiger partial charge in [-0.25, -0.2) is 0 Å². The van der Waals surface area contributed by atoms with Gasteiger partial charge in [-0.15, -0.1) is 0 Å². The summed E-state index contributed by atoms with van der Waals surface area (Å²) in [6.45, 7) is 7.75. The zero-order chi connectivity index (χ0) is 19.3. The van der Waals surface area contributed by atoms with Crippen molar-refractivity contribution < 1.29 is 20.1 Å². The summed E-state index contributed by atoms with van der Waals surface area (Å²) in [6.07, 6.45) is 1.29. The second-order valence-corrected chi connectivity index (χ2v) is 6.88. The Balaban J connectivity index is 1.97. The highest BCUT2D eigenvalue weighted by atomic mass is 32.2. The zero-order valence-electron chi connectivity index (χ0n) is 15.2. The van der Waals surface area contributed by atoms with Gasteiger partial charge in [-0.2, -0.15) is 11.8 Å². The fraction of sp³-hybridized carbons (Fsp3) is 0.368. The Kier molecular flexibility index (Phi) is 6.88. The van der Waals surface area contributed by atoms with Gasteiger partial charge in [-0.05, 0) is 37.8 Å². The van der Waals surface area contributed by atoms with Crippen LogP contribution in [0.2, 0.25) is 0 Å². The number of ether oxygens (including phenoxy) is 1. The summed E-state index contributed by atoms with van der Waals surface area (Å²) in [7, 11) is 0. The van der Waals surface area contributed by atoms with Crippen LogP contribution in [0.5, 0.6) is 11.5 Å². The van der Waals surface area contributed by atoms with E-state index < -0.39 is 6.10 Å². The van der Waals surface area contributed by atoms with Crippen LogP contribution in [0, 0.1) is 13.8 Å². The maximum Gasteiger partial charge on any atom is 0.157 e. The van der Waals surface area contributed by atoms with Crippen LogP contribution in [-0.2, 0) is 23.5 Å². The number of phenols is 2. The van der Waals surface area contributed by atoms with E-state index in [2.05, 4.69) is 16.5 Å². The van der Waals surface area contributed by atoms with Crippen molar-refractivity contribution in [1.29, 1.82) is 0 Å². The van der Waals surface area contributed by atoms with Crippen molar-refractivity contribution in [3.63, 3.8) is 0 Å². The highest BCUT2D eigenvalue weighted by Gasteiger charge is 2.14. The van der Waals surface area contributed by atoms with Gasteiger partial charge in [0.1, 0.15) is 18.5 Å². The van der Waals surface area contributed by atoms with E-state index in [9.17, 15) is 15.3 Å². The number of nitrogens with zero attached hydrogens (tertiary/aromatic N) is 2. The van der Waals surface area contributed by atoms with Gasteiger partial charge in [0.05, 0.1) is 22.8 Å². The third kappa shape index (κ3) is 5.12. The molecule has 26 heavy (non-hydrogen) atoms. The molecule has 0 bridgehead atoms. The van der Waals surface area contributed by atoms with E-state index in [1.165, 1.54) is 12.1 Å². The summed E-state index contributed by atoms with van der Waals surface area (Å²) in [5.41, 5.74) is 4.00. The molecular formula is C19H24N2O4S.